The number of fused-ring (bicyclic) bond motifs is 1. The van der Waals surface area contributed by atoms with Crippen LogP contribution in [0.25, 0.3) is 11.0 Å². The molecule has 0 saturated carbocycles. The van der Waals surface area contributed by atoms with Crippen LogP contribution in [-0.2, 0) is 19.4 Å². The largest absolute Gasteiger partial charge is 0.505 e. The molecule has 2 heterocycles. The second-order valence-electron chi connectivity index (χ2n) is 3.81. The second kappa shape index (κ2) is 4.12. The maximum absolute atomic E-state index is 10.2. The van der Waals surface area contributed by atoms with Crippen LogP contribution in [0.1, 0.15) is 32.0 Å². The lowest BCUT2D eigenvalue weighted by Crippen LogP contribution is -1.96. The summed E-state index contributed by atoms with van der Waals surface area (Å²) in [4.78, 5) is 4.55. The number of rotatable bonds is 3. The molecule has 86 valence electrons. The van der Waals surface area contributed by atoms with E-state index in [1.807, 2.05) is 20.0 Å². The van der Waals surface area contributed by atoms with Crippen LogP contribution in [-0.4, -0.2) is 19.9 Å². The van der Waals surface area contributed by atoms with E-state index in [0.717, 1.165) is 36.2 Å². The van der Waals surface area contributed by atoms with Gasteiger partial charge in [-0.3, -0.25) is 4.68 Å². The topological polar surface area (TPSA) is 50.9 Å². The van der Waals surface area contributed by atoms with Crippen molar-refractivity contribution >= 4 is 11.0 Å². The summed E-state index contributed by atoms with van der Waals surface area (Å²) in [5.41, 5.74) is 3.31. The zero-order valence-electron chi connectivity index (χ0n) is 9.99. The Balaban J connectivity index is 2.74. The molecule has 2 rings (SSSR count). The Morgan fingerprint density at radius 2 is 2.00 bits per heavy atom. The van der Waals surface area contributed by atoms with Crippen LogP contribution in [0.5, 0.6) is 5.75 Å². The number of nitrogens with zero attached hydrogens (tertiary/aromatic N) is 3. The monoisotopic (exact) mass is 219 g/mol. The van der Waals surface area contributed by atoms with Crippen LogP contribution in [0.2, 0.25) is 0 Å². The minimum absolute atomic E-state index is 0.302. The van der Waals surface area contributed by atoms with Gasteiger partial charge in [-0.2, -0.15) is 5.10 Å². The molecule has 0 aliphatic heterocycles. The fraction of sp³-hybridized carbons (Fsp3) is 0.500. The third kappa shape index (κ3) is 1.54. The molecular formula is C12H17N3O. The summed E-state index contributed by atoms with van der Waals surface area (Å²) in [7, 11) is 0. The lowest BCUT2D eigenvalue weighted by molar-refractivity contribution is 0.471. The maximum atomic E-state index is 10.2. The highest BCUT2D eigenvalue weighted by Crippen LogP contribution is 2.29. The van der Waals surface area contributed by atoms with Gasteiger partial charge in [0.15, 0.2) is 5.52 Å². The molecule has 0 bridgehead atoms. The molecule has 16 heavy (non-hydrogen) atoms. The predicted molar refractivity (Wildman–Crippen MR) is 63.6 cm³/mol. The molecule has 4 nitrogen and oxygen atoms in total. The SMILES string of the molecule is CCc1nc2cn(CC)nc2c(O)c1CC. The summed E-state index contributed by atoms with van der Waals surface area (Å²) in [5.74, 6) is 0.302. The fourth-order valence-electron chi connectivity index (χ4n) is 1.98. The zero-order chi connectivity index (χ0) is 11.7. The minimum atomic E-state index is 0.302. The Hall–Kier alpha value is -1.58. The first-order valence-corrected chi connectivity index (χ1v) is 5.79. The van der Waals surface area contributed by atoms with Gasteiger partial charge in [-0.25, -0.2) is 4.98 Å². The Morgan fingerprint density at radius 3 is 2.56 bits per heavy atom. The third-order valence-electron chi connectivity index (χ3n) is 2.87. The van der Waals surface area contributed by atoms with E-state index in [1.54, 1.807) is 4.68 Å². The van der Waals surface area contributed by atoms with Crippen molar-refractivity contribution < 1.29 is 5.11 Å². The Kier molecular flexibility index (Phi) is 2.81. The summed E-state index contributed by atoms with van der Waals surface area (Å²) < 4.78 is 1.80. The molecule has 0 unspecified atom stereocenters. The Bertz CT molecular complexity index is 516. The first-order valence-electron chi connectivity index (χ1n) is 5.79. The van der Waals surface area contributed by atoms with Crippen molar-refractivity contribution in [2.75, 3.05) is 0 Å². The van der Waals surface area contributed by atoms with E-state index in [1.165, 1.54) is 0 Å². The van der Waals surface area contributed by atoms with E-state index in [2.05, 4.69) is 17.0 Å². The van der Waals surface area contributed by atoms with Crippen molar-refractivity contribution in [3.8, 4) is 5.75 Å². The molecule has 0 saturated heterocycles. The standard InChI is InChI=1S/C12H17N3O/c1-4-8-9(5-2)13-10-7-15(6-3)14-11(10)12(8)16/h7,16H,4-6H2,1-3H3. The van der Waals surface area contributed by atoms with Gasteiger partial charge < -0.3 is 5.11 Å². The normalized spacial score (nSPS) is 11.2. The predicted octanol–water partition coefficient (Wildman–Crippen LogP) is 2.28. The van der Waals surface area contributed by atoms with Gasteiger partial charge >= 0.3 is 0 Å². The number of pyridine rings is 1. The maximum Gasteiger partial charge on any atom is 0.153 e. The third-order valence-corrected chi connectivity index (χ3v) is 2.87. The highest BCUT2D eigenvalue weighted by atomic mass is 16.3. The lowest BCUT2D eigenvalue weighted by Gasteiger charge is -2.07. The van der Waals surface area contributed by atoms with Crippen LogP contribution in [0, 0.1) is 0 Å². The van der Waals surface area contributed by atoms with Crippen molar-refractivity contribution in [2.24, 2.45) is 0 Å². The molecular weight excluding hydrogens is 202 g/mol. The van der Waals surface area contributed by atoms with Gasteiger partial charge in [0.2, 0.25) is 0 Å². The molecule has 4 heteroatoms. The number of hydrogen-bond donors (Lipinski definition) is 1. The molecule has 0 aliphatic carbocycles. The molecule has 0 fully saturated rings. The van der Waals surface area contributed by atoms with Crippen molar-refractivity contribution in [1.82, 2.24) is 14.8 Å². The molecule has 0 aliphatic rings. The van der Waals surface area contributed by atoms with Gasteiger partial charge in [0, 0.05) is 17.8 Å². The lowest BCUT2D eigenvalue weighted by atomic mass is 10.1. The van der Waals surface area contributed by atoms with Crippen LogP contribution in [0.15, 0.2) is 6.20 Å². The van der Waals surface area contributed by atoms with Gasteiger partial charge in [-0.15, -0.1) is 0 Å². The summed E-state index contributed by atoms with van der Waals surface area (Å²) >= 11 is 0. The molecule has 1 N–H and O–H groups in total. The second-order valence-corrected chi connectivity index (χ2v) is 3.81. The van der Waals surface area contributed by atoms with E-state index in [-0.39, 0.29) is 0 Å². The summed E-state index contributed by atoms with van der Waals surface area (Å²) in [6.45, 7) is 6.89. The van der Waals surface area contributed by atoms with E-state index >= 15 is 0 Å². The van der Waals surface area contributed by atoms with Gasteiger partial charge in [0.25, 0.3) is 0 Å². The van der Waals surface area contributed by atoms with Gasteiger partial charge in [0.1, 0.15) is 11.3 Å². The molecule has 2 aromatic heterocycles. The number of aromatic nitrogens is 3. The quantitative estimate of drug-likeness (QED) is 0.861. The highest BCUT2D eigenvalue weighted by Gasteiger charge is 2.14. The number of hydrogen-bond acceptors (Lipinski definition) is 3. The molecule has 0 aromatic carbocycles. The molecule has 0 radical (unpaired) electrons. The van der Waals surface area contributed by atoms with Crippen LogP contribution >= 0.6 is 0 Å². The number of aromatic hydroxyl groups is 1. The van der Waals surface area contributed by atoms with Crippen molar-refractivity contribution in [3.63, 3.8) is 0 Å². The first-order chi connectivity index (χ1) is 7.71. The summed E-state index contributed by atoms with van der Waals surface area (Å²) in [5, 5.41) is 14.5. The molecule has 0 atom stereocenters. The van der Waals surface area contributed by atoms with Gasteiger partial charge in [-0.1, -0.05) is 13.8 Å². The fourth-order valence-corrected chi connectivity index (χ4v) is 1.98. The Morgan fingerprint density at radius 1 is 1.25 bits per heavy atom. The van der Waals surface area contributed by atoms with Crippen molar-refractivity contribution in [2.45, 2.75) is 40.2 Å². The van der Waals surface area contributed by atoms with Crippen molar-refractivity contribution in [3.05, 3.63) is 17.5 Å². The molecule has 0 spiro atoms. The van der Waals surface area contributed by atoms with Crippen LogP contribution in [0.3, 0.4) is 0 Å². The van der Waals surface area contributed by atoms with E-state index in [0.29, 0.717) is 11.3 Å². The van der Waals surface area contributed by atoms with E-state index < -0.39 is 0 Å². The minimum Gasteiger partial charge on any atom is -0.505 e. The average Bonchev–Trinajstić information content (AvgIpc) is 2.72. The smallest absolute Gasteiger partial charge is 0.153 e. The van der Waals surface area contributed by atoms with Gasteiger partial charge in [-0.05, 0) is 19.8 Å². The van der Waals surface area contributed by atoms with Gasteiger partial charge in [0.05, 0.1) is 6.20 Å². The molecule has 2 aromatic rings. The first kappa shape index (κ1) is 10.9. The molecule has 0 amide bonds. The van der Waals surface area contributed by atoms with Crippen LogP contribution in [0.4, 0.5) is 0 Å². The summed E-state index contributed by atoms with van der Waals surface area (Å²) in [6.07, 6.45) is 3.51. The van der Waals surface area contributed by atoms with E-state index in [4.69, 9.17) is 0 Å². The number of aryl methyl sites for hydroxylation is 2. The highest BCUT2D eigenvalue weighted by molar-refractivity contribution is 5.82. The van der Waals surface area contributed by atoms with Crippen LogP contribution < -0.4 is 0 Å². The Labute approximate surface area is 94.9 Å². The van der Waals surface area contributed by atoms with Crippen molar-refractivity contribution in [1.29, 1.82) is 0 Å². The average molecular weight is 219 g/mol. The van der Waals surface area contributed by atoms with E-state index in [9.17, 15) is 5.11 Å². The summed E-state index contributed by atoms with van der Waals surface area (Å²) in [6, 6.07) is 0. The zero-order valence-corrected chi connectivity index (χ0v) is 9.99.